The molecule has 1 N–H and O–H groups in total. The van der Waals surface area contributed by atoms with Gasteiger partial charge in [0.2, 0.25) is 0 Å². The molecule has 0 bridgehead atoms. The van der Waals surface area contributed by atoms with Crippen LogP contribution in [0.3, 0.4) is 0 Å². The first-order valence-corrected chi connectivity index (χ1v) is 8.50. The van der Waals surface area contributed by atoms with Crippen molar-refractivity contribution in [3.8, 4) is 11.4 Å². The van der Waals surface area contributed by atoms with Crippen molar-refractivity contribution in [3.05, 3.63) is 53.6 Å². The summed E-state index contributed by atoms with van der Waals surface area (Å²) in [7, 11) is 0. The quantitative estimate of drug-likeness (QED) is 0.737. The lowest BCUT2D eigenvalue weighted by molar-refractivity contribution is 0.0648. The van der Waals surface area contributed by atoms with Gasteiger partial charge in [0, 0.05) is 12.1 Å². The summed E-state index contributed by atoms with van der Waals surface area (Å²) < 4.78 is 0. The van der Waals surface area contributed by atoms with Crippen molar-refractivity contribution in [2.24, 2.45) is 5.92 Å². The number of imidazole rings is 1. The molecular weight excluding hydrogens is 314 g/mol. The molecule has 0 spiro atoms. The second-order valence-electron chi connectivity index (χ2n) is 6.81. The highest BCUT2D eigenvalue weighted by Gasteiger charge is 2.35. The summed E-state index contributed by atoms with van der Waals surface area (Å²) in [5, 5.41) is 0. The van der Waals surface area contributed by atoms with E-state index in [1.807, 2.05) is 30.3 Å². The molecule has 2 heterocycles. The number of aromatic amines is 1. The summed E-state index contributed by atoms with van der Waals surface area (Å²) in [6, 6.07) is 13.1. The zero-order valence-electron chi connectivity index (χ0n) is 14.2. The number of aromatic nitrogens is 2. The molecule has 3 aromatic rings. The van der Waals surface area contributed by atoms with Gasteiger partial charge in [0.15, 0.2) is 0 Å². The average molecular weight is 333 g/mol. The number of imide groups is 1. The van der Waals surface area contributed by atoms with Crippen LogP contribution in [0.15, 0.2) is 42.5 Å². The molecule has 4 rings (SSSR count). The second-order valence-corrected chi connectivity index (χ2v) is 6.81. The first kappa shape index (κ1) is 15.6. The Morgan fingerprint density at radius 1 is 1.04 bits per heavy atom. The summed E-state index contributed by atoms with van der Waals surface area (Å²) in [5.41, 5.74) is 3.57. The van der Waals surface area contributed by atoms with Gasteiger partial charge in [0.05, 0.1) is 22.2 Å². The minimum Gasteiger partial charge on any atom is -0.338 e. The zero-order chi connectivity index (χ0) is 17.6. The van der Waals surface area contributed by atoms with Crippen molar-refractivity contribution in [1.82, 2.24) is 14.9 Å². The summed E-state index contributed by atoms with van der Waals surface area (Å²) >= 11 is 0. The normalized spacial score (nSPS) is 14.0. The van der Waals surface area contributed by atoms with E-state index < -0.39 is 0 Å². The molecule has 0 aliphatic carbocycles. The summed E-state index contributed by atoms with van der Waals surface area (Å²) in [6.07, 6.45) is 0.807. The van der Waals surface area contributed by atoms with E-state index >= 15 is 0 Å². The predicted octanol–water partition coefficient (Wildman–Crippen LogP) is 3.87. The van der Waals surface area contributed by atoms with Crippen LogP contribution in [0.1, 0.15) is 41.0 Å². The van der Waals surface area contributed by atoms with Crippen LogP contribution in [0.5, 0.6) is 0 Å². The van der Waals surface area contributed by atoms with E-state index in [2.05, 4.69) is 23.8 Å². The highest BCUT2D eigenvalue weighted by molar-refractivity contribution is 6.21. The molecule has 2 aromatic carbocycles. The third kappa shape index (κ3) is 2.61. The van der Waals surface area contributed by atoms with E-state index in [1.165, 1.54) is 4.90 Å². The molecule has 1 aromatic heterocycles. The van der Waals surface area contributed by atoms with Crippen LogP contribution >= 0.6 is 0 Å². The number of nitrogens with one attached hydrogen (secondary N) is 1. The Kier molecular flexibility index (Phi) is 3.64. The molecule has 1 aliphatic rings. The number of hydrogen-bond acceptors (Lipinski definition) is 3. The first-order chi connectivity index (χ1) is 12.0. The fraction of sp³-hybridized carbons (Fsp3) is 0.250. The lowest BCUT2D eigenvalue weighted by atomic mass is 10.1. The Morgan fingerprint density at radius 3 is 2.56 bits per heavy atom. The number of rotatable bonds is 4. The average Bonchev–Trinajstić information content (AvgIpc) is 3.13. The molecule has 0 fully saturated rings. The topological polar surface area (TPSA) is 66.1 Å². The van der Waals surface area contributed by atoms with Gasteiger partial charge < -0.3 is 4.98 Å². The molecule has 126 valence electrons. The van der Waals surface area contributed by atoms with Crippen molar-refractivity contribution in [3.63, 3.8) is 0 Å². The van der Waals surface area contributed by atoms with Gasteiger partial charge in [-0.1, -0.05) is 32.0 Å². The highest BCUT2D eigenvalue weighted by atomic mass is 16.2. The fourth-order valence-electron chi connectivity index (χ4n) is 3.12. The number of amides is 2. The second kappa shape index (κ2) is 5.84. The van der Waals surface area contributed by atoms with Crippen LogP contribution in [0.2, 0.25) is 0 Å². The minimum atomic E-state index is -0.210. The van der Waals surface area contributed by atoms with Crippen LogP contribution < -0.4 is 0 Å². The Bertz CT molecular complexity index is 955. The van der Waals surface area contributed by atoms with Gasteiger partial charge >= 0.3 is 0 Å². The number of fused-ring (bicyclic) bond motifs is 2. The monoisotopic (exact) mass is 333 g/mol. The Balaban J connectivity index is 1.70. The standard InChI is InChI=1S/C20H19N3O2/c1-12(2)9-10-23-19(24)14-8-7-13(11-15(14)20(23)25)18-21-16-5-3-4-6-17(16)22-18/h3-8,11-12H,9-10H2,1-2H3,(H,21,22). The zero-order valence-corrected chi connectivity index (χ0v) is 14.2. The molecule has 0 saturated carbocycles. The molecule has 5 heteroatoms. The fourth-order valence-corrected chi connectivity index (χ4v) is 3.12. The van der Waals surface area contributed by atoms with Gasteiger partial charge in [-0.05, 0) is 36.6 Å². The molecule has 25 heavy (non-hydrogen) atoms. The van der Waals surface area contributed by atoms with Crippen molar-refractivity contribution >= 4 is 22.8 Å². The van der Waals surface area contributed by atoms with Crippen molar-refractivity contribution < 1.29 is 9.59 Å². The maximum absolute atomic E-state index is 12.6. The van der Waals surface area contributed by atoms with Gasteiger partial charge in [-0.3, -0.25) is 14.5 Å². The molecule has 0 radical (unpaired) electrons. The molecule has 0 atom stereocenters. The van der Waals surface area contributed by atoms with E-state index in [0.29, 0.717) is 29.4 Å². The number of carbonyl (C=O) groups is 2. The van der Waals surface area contributed by atoms with Crippen LogP contribution in [0.4, 0.5) is 0 Å². The van der Waals surface area contributed by atoms with Crippen molar-refractivity contribution in [2.45, 2.75) is 20.3 Å². The summed E-state index contributed by atoms with van der Waals surface area (Å²) in [5.74, 6) is 0.732. The number of H-pyrrole nitrogens is 1. The Morgan fingerprint density at radius 2 is 1.80 bits per heavy atom. The van der Waals surface area contributed by atoms with E-state index in [-0.39, 0.29) is 11.8 Å². The van der Waals surface area contributed by atoms with E-state index in [4.69, 9.17) is 0 Å². The summed E-state index contributed by atoms with van der Waals surface area (Å²) in [6.45, 7) is 4.62. The highest BCUT2D eigenvalue weighted by Crippen LogP contribution is 2.28. The van der Waals surface area contributed by atoms with Gasteiger partial charge in [0.1, 0.15) is 5.82 Å². The third-order valence-corrected chi connectivity index (χ3v) is 4.56. The molecule has 2 amide bonds. The first-order valence-electron chi connectivity index (χ1n) is 8.50. The van der Waals surface area contributed by atoms with E-state index in [9.17, 15) is 9.59 Å². The largest absolute Gasteiger partial charge is 0.338 e. The number of para-hydroxylation sites is 2. The number of nitrogens with zero attached hydrogens (tertiary/aromatic N) is 2. The van der Waals surface area contributed by atoms with Crippen molar-refractivity contribution in [2.75, 3.05) is 6.54 Å². The van der Waals surface area contributed by atoms with Crippen LogP contribution in [0, 0.1) is 5.92 Å². The molecule has 5 nitrogen and oxygen atoms in total. The smallest absolute Gasteiger partial charge is 0.261 e. The van der Waals surface area contributed by atoms with E-state index in [1.54, 1.807) is 12.1 Å². The van der Waals surface area contributed by atoms with E-state index in [0.717, 1.165) is 23.0 Å². The minimum absolute atomic E-state index is 0.197. The van der Waals surface area contributed by atoms with Crippen LogP contribution in [-0.2, 0) is 0 Å². The molecule has 0 unspecified atom stereocenters. The lowest BCUT2D eigenvalue weighted by Crippen LogP contribution is -2.31. The Labute approximate surface area is 145 Å². The van der Waals surface area contributed by atoms with Gasteiger partial charge in [-0.25, -0.2) is 4.98 Å². The van der Waals surface area contributed by atoms with Gasteiger partial charge in [0.25, 0.3) is 11.8 Å². The molecule has 1 aliphatic heterocycles. The molecular formula is C20H19N3O2. The Hall–Kier alpha value is -2.95. The van der Waals surface area contributed by atoms with Crippen LogP contribution in [-0.4, -0.2) is 33.2 Å². The number of hydrogen-bond donors (Lipinski definition) is 1. The van der Waals surface area contributed by atoms with Crippen LogP contribution in [0.25, 0.3) is 22.4 Å². The van der Waals surface area contributed by atoms with Gasteiger partial charge in [-0.2, -0.15) is 0 Å². The summed E-state index contributed by atoms with van der Waals surface area (Å²) in [4.78, 5) is 34.3. The number of carbonyl (C=O) groups excluding carboxylic acids is 2. The third-order valence-electron chi connectivity index (χ3n) is 4.56. The SMILES string of the molecule is CC(C)CCN1C(=O)c2ccc(-c3nc4ccccc4[nH]3)cc2C1=O. The maximum Gasteiger partial charge on any atom is 0.261 e. The van der Waals surface area contributed by atoms with Crippen molar-refractivity contribution in [1.29, 1.82) is 0 Å². The molecule has 0 saturated heterocycles. The number of benzene rings is 2. The predicted molar refractivity (Wildman–Crippen MR) is 96.4 cm³/mol. The lowest BCUT2D eigenvalue weighted by Gasteiger charge is -2.14. The maximum atomic E-state index is 12.6. The van der Waals surface area contributed by atoms with Gasteiger partial charge in [-0.15, -0.1) is 0 Å².